The van der Waals surface area contributed by atoms with Gasteiger partial charge in [-0.15, -0.1) is 0 Å². The van der Waals surface area contributed by atoms with E-state index >= 15 is 0 Å². The molecular formula is C13H20N4. The second-order valence-electron chi connectivity index (χ2n) is 4.40. The second kappa shape index (κ2) is 5.77. The maximum absolute atomic E-state index is 4.40. The summed E-state index contributed by atoms with van der Waals surface area (Å²) in [7, 11) is 3.75. The van der Waals surface area contributed by atoms with Crippen LogP contribution in [-0.4, -0.2) is 29.0 Å². The molecule has 2 aromatic heterocycles. The first-order valence-electron chi connectivity index (χ1n) is 6.25. The molecule has 92 valence electrons. The molecule has 0 atom stereocenters. The van der Waals surface area contributed by atoms with Crippen LogP contribution < -0.4 is 5.32 Å². The summed E-state index contributed by atoms with van der Waals surface area (Å²) in [5, 5.41) is 2.75. The van der Waals surface area contributed by atoms with Crippen molar-refractivity contribution in [3.8, 4) is 0 Å². The molecule has 0 saturated carbocycles. The van der Waals surface area contributed by atoms with Crippen LogP contribution in [-0.2, 0) is 12.8 Å². The Kier molecular flexibility index (Phi) is 4.09. The normalized spacial score (nSPS) is 14.7. The van der Waals surface area contributed by atoms with E-state index in [2.05, 4.69) is 20.3 Å². The third-order valence-corrected chi connectivity index (χ3v) is 2.97. The quantitative estimate of drug-likeness (QED) is 0.684. The van der Waals surface area contributed by atoms with Gasteiger partial charge < -0.3 is 10.3 Å². The Hall–Kier alpha value is -1.42. The van der Waals surface area contributed by atoms with Crippen molar-refractivity contribution in [2.75, 3.05) is 14.1 Å². The molecule has 0 aromatic carbocycles. The zero-order valence-electron chi connectivity index (χ0n) is 10.6. The third-order valence-electron chi connectivity index (χ3n) is 2.97. The van der Waals surface area contributed by atoms with Crippen molar-refractivity contribution in [3.63, 3.8) is 0 Å². The lowest BCUT2D eigenvalue weighted by molar-refractivity contribution is 0.708. The molecule has 0 radical (unpaired) electrons. The van der Waals surface area contributed by atoms with Crippen LogP contribution in [0.3, 0.4) is 0 Å². The van der Waals surface area contributed by atoms with Crippen molar-refractivity contribution < 1.29 is 0 Å². The number of rotatable bonds is 0. The molecule has 17 heavy (non-hydrogen) atoms. The molecule has 0 amide bonds. The first-order chi connectivity index (χ1) is 8.36. The zero-order valence-corrected chi connectivity index (χ0v) is 10.6. The van der Waals surface area contributed by atoms with Gasteiger partial charge in [0.15, 0.2) is 5.65 Å². The highest BCUT2D eigenvalue weighted by Gasteiger charge is 2.14. The molecule has 0 bridgehead atoms. The number of H-pyrrole nitrogens is 1. The number of nitrogens with one attached hydrogen (secondary N) is 2. The summed E-state index contributed by atoms with van der Waals surface area (Å²) in [5.41, 5.74) is 4.82. The lowest BCUT2D eigenvalue weighted by Gasteiger charge is -1.95. The number of hydrogen-bond acceptors (Lipinski definition) is 3. The minimum Gasteiger partial charge on any atom is -0.342 e. The number of hydrogen-bond donors (Lipinski definition) is 2. The fraction of sp³-hybridized carbons (Fsp3) is 0.538. The van der Waals surface area contributed by atoms with E-state index in [1.54, 1.807) is 12.4 Å². The van der Waals surface area contributed by atoms with E-state index in [-0.39, 0.29) is 0 Å². The summed E-state index contributed by atoms with van der Waals surface area (Å²) in [6.45, 7) is 0. The fourth-order valence-corrected chi connectivity index (χ4v) is 2.27. The Balaban J connectivity index is 0.000000329. The van der Waals surface area contributed by atoms with E-state index in [4.69, 9.17) is 0 Å². The molecule has 0 unspecified atom stereocenters. The largest absolute Gasteiger partial charge is 0.342 e. The molecule has 1 aliphatic carbocycles. The summed E-state index contributed by atoms with van der Waals surface area (Å²) in [4.78, 5) is 12.1. The predicted octanol–water partition coefficient (Wildman–Crippen LogP) is 2.06. The van der Waals surface area contributed by atoms with Gasteiger partial charge in [0.05, 0.1) is 0 Å². The van der Waals surface area contributed by atoms with E-state index in [0.717, 1.165) is 24.0 Å². The summed E-state index contributed by atoms with van der Waals surface area (Å²) in [6, 6.07) is 0. The van der Waals surface area contributed by atoms with Crippen LogP contribution in [0.1, 0.15) is 30.5 Å². The van der Waals surface area contributed by atoms with Crippen molar-refractivity contribution in [2.45, 2.75) is 32.1 Å². The van der Waals surface area contributed by atoms with Gasteiger partial charge in [0.1, 0.15) is 5.52 Å². The van der Waals surface area contributed by atoms with Crippen molar-refractivity contribution in [2.24, 2.45) is 0 Å². The minimum atomic E-state index is 0.958. The van der Waals surface area contributed by atoms with Gasteiger partial charge in [0, 0.05) is 23.7 Å². The van der Waals surface area contributed by atoms with Crippen LogP contribution in [0.15, 0.2) is 12.4 Å². The van der Waals surface area contributed by atoms with E-state index in [9.17, 15) is 0 Å². The average molecular weight is 232 g/mol. The summed E-state index contributed by atoms with van der Waals surface area (Å²) >= 11 is 0. The number of nitrogens with zero attached hydrogens (tertiary/aromatic N) is 2. The first-order valence-corrected chi connectivity index (χ1v) is 6.25. The zero-order chi connectivity index (χ0) is 12.1. The predicted molar refractivity (Wildman–Crippen MR) is 70.1 cm³/mol. The maximum Gasteiger partial charge on any atom is 0.156 e. The summed E-state index contributed by atoms with van der Waals surface area (Å²) in [6.07, 6.45) is 9.77. The Labute approximate surface area is 102 Å². The summed E-state index contributed by atoms with van der Waals surface area (Å²) in [5.74, 6) is 0. The Morgan fingerprint density at radius 2 is 1.76 bits per heavy atom. The molecule has 1 aliphatic rings. The van der Waals surface area contributed by atoms with Crippen LogP contribution >= 0.6 is 0 Å². The van der Waals surface area contributed by atoms with Gasteiger partial charge in [0.2, 0.25) is 0 Å². The van der Waals surface area contributed by atoms with Crippen LogP contribution in [0.4, 0.5) is 0 Å². The Morgan fingerprint density at radius 1 is 1.06 bits per heavy atom. The van der Waals surface area contributed by atoms with Crippen LogP contribution in [0.25, 0.3) is 11.2 Å². The van der Waals surface area contributed by atoms with Gasteiger partial charge in [-0.25, -0.2) is 4.98 Å². The lowest BCUT2D eigenvalue weighted by atomic mass is 10.1. The molecule has 4 nitrogen and oxygen atoms in total. The number of aryl methyl sites for hydroxylation is 2. The number of aromatic nitrogens is 3. The molecule has 3 rings (SSSR count). The lowest BCUT2D eigenvalue weighted by Crippen LogP contribution is -1.89. The van der Waals surface area contributed by atoms with Crippen molar-refractivity contribution in [1.29, 1.82) is 0 Å². The highest BCUT2D eigenvalue weighted by molar-refractivity contribution is 5.76. The molecule has 0 spiro atoms. The third kappa shape index (κ3) is 2.64. The van der Waals surface area contributed by atoms with E-state index < -0.39 is 0 Å². The monoisotopic (exact) mass is 232 g/mol. The van der Waals surface area contributed by atoms with Crippen molar-refractivity contribution >= 4 is 11.2 Å². The Morgan fingerprint density at radius 3 is 2.59 bits per heavy atom. The fourth-order valence-electron chi connectivity index (χ4n) is 2.27. The molecule has 2 N–H and O–H groups in total. The van der Waals surface area contributed by atoms with E-state index in [0.29, 0.717) is 0 Å². The van der Waals surface area contributed by atoms with Crippen molar-refractivity contribution in [1.82, 2.24) is 20.3 Å². The first kappa shape index (κ1) is 12.0. The minimum absolute atomic E-state index is 0.958. The standard InChI is InChI=1S/C11H13N3.C2H7N/c1-2-4-8-9(5-3-1)14-11-10(8)12-6-7-13-11;1-3-2/h6-7H,1-5H2,(H,13,14);3H,1-2H3. The molecular weight excluding hydrogens is 212 g/mol. The van der Waals surface area contributed by atoms with Gasteiger partial charge in [-0.3, -0.25) is 4.98 Å². The van der Waals surface area contributed by atoms with Crippen LogP contribution in [0.5, 0.6) is 0 Å². The van der Waals surface area contributed by atoms with Gasteiger partial charge in [-0.2, -0.15) is 0 Å². The Bertz CT molecular complexity index is 475. The van der Waals surface area contributed by atoms with Crippen molar-refractivity contribution in [3.05, 3.63) is 23.7 Å². The molecule has 0 fully saturated rings. The average Bonchev–Trinajstić information content (AvgIpc) is 2.53. The maximum atomic E-state index is 4.40. The second-order valence-corrected chi connectivity index (χ2v) is 4.40. The van der Waals surface area contributed by atoms with Gasteiger partial charge in [-0.05, 0) is 39.8 Å². The van der Waals surface area contributed by atoms with E-state index in [1.807, 2.05) is 14.1 Å². The number of fused-ring (bicyclic) bond motifs is 3. The van der Waals surface area contributed by atoms with Gasteiger partial charge in [-0.1, -0.05) is 6.42 Å². The highest BCUT2D eigenvalue weighted by atomic mass is 14.9. The SMILES string of the molecule is CNC.c1cnc2c3c([nH]c2n1)CCCCC3. The molecule has 0 saturated heterocycles. The van der Waals surface area contributed by atoms with Crippen LogP contribution in [0.2, 0.25) is 0 Å². The van der Waals surface area contributed by atoms with Gasteiger partial charge in [0.25, 0.3) is 0 Å². The topological polar surface area (TPSA) is 53.6 Å². The van der Waals surface area contributed by atoms with E-state index in [1.165, 1.54) is 30.5 Å². The van der Waals surface area contributed by atoms with Gasteiger partial charge >= 0.3 is 0 Å². The molecule has 2 aromatic rings. The number of aromatic amines is 1. The summed E-state index contributed by atoms with van der Waals surface area (Å²) < 4.78 is 0. The smallest absolute Gasteiger partial charge is 0.156 e. The van der Waals surface area contributed by atoms with Crippen LogP contribution in [0, 0.1) is 0 Å². The molecule has 4 heteroatoms. The highest BCUT2D eigenvalue weighted by Crippen LogP contribution is 2.25. The molecule has 2 heterocycles. The molecule has 0 aliphatic heterocycles.